The molecule has 2 nitrogen and oxygen atoms in total. The smallest absolute Gasteiger partial charge is 0.357 e. The molecule has 2 atom stereocenters. The monoisotopic (exact) mass is 293 g/mol. The second-order valence-electron chi connectivity index (χ2n) is 5.39. The quantitative estimate of drug-likeness (QED) is 0.480. The summed E-state index contributed by atoms with van der Waals surface area (Å²) in [5.41, 5.74) is 0. The van der Waals surface area contributed by atoms with Crippen molar-refractivity contribution < 1.29 is 26.5 Å². The van der Waals surface area contributed by atoms with Crippen LogP contribution in [0.5, 0.6) is 0 Å². The highest BCUT2D eigenvalue weighted by molar-refractivity contribution is 7.90. The lowest BCUT2D eigenvalue weighted by Crippen LogP contribution is -2.63. The van der Waals surface area contributed by atoms with Crippen molar-refractivity contribution in [2.75, 3.05) is 0 Å². The van der Waals surface area contributed by atoms with E-state index in [0.717, 1.165) is 0 Å². The maximum Gasteiger partial charge on any atom is 0.357 e. The minimum absolute atomic E-state index is 0.0765. The summed E-state index contributed by atoms with van der Waals surface area (Å²) in [6, 6.07) is 0. The van der Waals surface area contributed by atoms with E-state index in [0.29, 0.717) is 0 Å². The Morgan fingerprint density at radius 2 is 1.61 bits per heavy atom. The Bertz CT molecular complexity index is 305. The zero-order valence-corrected chi connectivity index (χ0v) is 11.1. The first-order chi connectivity index (χ1) is 7.93. The van der Waals surface area contributed by atoms with Crippen molar-refractivity contribution in [2.45, 2.75) is 56.5 Å². The minimum atomic E-state index is -4.87. The molecule has 1 aliphatic carbocycles. The third kappa shape index (κ3) is 2.91. The molecule has 0 radical (unpaired) electrons. The van der Waals surface area contributed by atoms with Crippen LogP contribution in [0.15, 0.2) is 0 Å². The van der Waals surface area contributed by atoms with Gasteiger partial charge in [0.2, 0.25) is 0 Å². The third-order valence-electron chi connectivity index (χ3n) is 2.70. The number of halogens is 5. The maximum atomic E-state index is 14.3. The lowest BCUT2D eigenvalue weighted by Gasteiger charge is -2.36. The fraction of sp³-hybridized carbons (Fsp3) is 1.00. The molecule has 1 aliphatic rings. The Kier molecular flexibility index (Phi) is 4.25. The van der Waals surface area contributed by atoms with Crippen molar-refractivity contribution in [1.29, 1.82) is 0 Å². The molecule has 0 aromatic heterocycles. The van der Waals surface area contributed by atoms with Crippen LogP contribution in [0.1, 0.15) is 33.6 Å². The molecule has 1 rings (SSSR count). The third-order valence-corrected chi connectivity index (χ3v) is 4.29. The second-order valence-corrected chi connectivity index (χ2v) is 7.36. The summed E-state index contributed by atoms with van der Waals surface area (Å²) < 4.78 is 77.7. The summed E-state index contributed by atoms with van der Waals surface area (Å²) in [5, 5.41) is 0. The van der Waals surface area contributed by atoms with Crippen LogP contribution in [-0.2, 0) is 11.4 Å². The van der Waals surface area contributed by atoms with E-state index in [1.807, 2.05) is 0 Å². The molecule has 0 saturated heterocycles. The average Bonchev–Trinajstić information content (AvgIpc) is 2.98. The molecular formula is C10H16F5NOS. The SMILES string of the molecule is CC(C)(C)[S+]([O-])NC(F)(C1CC1)C(F)(F)C(F)F. The Labute approximate surface area is 106 Å². The Balaban J connectivity index is 2.95. The largest absolute Gasteiger partial charge is 0.598 e. The Morgan fingerprint density at radius 1 is 1.17 bits per heavy atom. The highest BCUT2D eigenvalue weighted by atomic mass is 32.2. The molecule has 0 bridgehead atoms. The van der Waals surface area contributed by atoms with Crippen molar-refractivity contribution in [3.63, 3.8) is 0 Å². The van der Waals surface area contributed by atoms with Crippen molar-refractivity contribution >= 4 is 11.4 Å². The Hall–Kier alpha value is -0.0800. The first-order valence-electron chi connectivity index (χ1n) is 5.47. The van der Waals surface area contributed by atoms with Gasteiger partial charge in [-0.2, -0.15) is 8.78 Å². The van der Waals surface area contributed by atoms with Crippen molar-refractivity contribution in [2.24, 2.45) is 5.92 Å². The molecule has 1 saturated carbocycles. The number of rotatable bonds is 5. The molecule has 0 spiro atoms. The average molecular weight is 293 g/mol. The predicted molar refractivity (Wildman–Crippen MR) is 58.5 cm³/mol. The van der Waals surface area contributed by atoms with E-state index in [1.165, 1.54) is 20.8 Å². The van der Waals surface area contributed by atoms with Crippen LogP contribution in [0.4, 0.5) is 22.0 Å². The van der Waals surface area contributed by atoms with E-state index in [-0.39, 0.29) is 12.8 Å². The molecular weight excluding hydrogens is 277 g/mol. The van der Waals surface area contributed by atoms with Gasteiger partial charge < -0.3 is 4.55 Å². The normalized spacial score (nSPS) is 23.0. The summed E-state index contributed by atoms with van der Waals surface area (Å²) in [4.78, 5) is 0. The van der Waals surface area contributed by atoms with Gasteiger partial charge in [0.25, 0.3) is 5.79 Å². The van der Waals surface area contributed by atoms with Gasteiger partial charge >= 0.3 is 12.3 Å². The summed E-state index contributed by atoms with van der Waals surface area (Å²) in [6.45, 7) is 4.30. The highest BCUT2D eigenvalue weighted by Gasteiger charge is 2.70. The van der Waals surface area contributed by atoms with Gasteiger partial charge in [0, 0.05) is 17.3 Å². The van der Waals surface area contributed by atoms with Gasteiger partial charge in [-0.3, -0.25) is 0 Å². The molecule has 0 amide bonds. The van der Waals surface area contributed by atoms with Crippen LogP contribution in [0.2, 0.25) is 0 Å². The van der Waals surface area contributed by atoms with Gasteiger partial charge in [-0.15, -0.1) is 0 Å². The number of hydrogen-bond donors (Lipinski definition) is 1. The zero-order chi connectivity index (χ0) is 14.4. The van der Waals surface area contributed by atoms with Gasteiger partial charge in [-0.25, -0.2) is 13.2 Å². The predicted octanol–water partition coefficient (Wildman–Crippen LogP) is 3.01. The van der Waals surface area contributed by atoms with E-state index in [2.05, 4.69) is 0 Å². The molecule has 8 heteroatoms. The number of alkyl halides is 5. The maximum absolute atomic E-state index is 14.3. The van der Waals surface area contributed by atoms with Crippen LogP contribution in [0, 0.1) is 5.92 Å². The second kappa shape index (κ2) is 4.79. The lowest BCUT2D eigenvalue weighted by molar-refractivity contribution is -0.226. The fourth-order valence-corrected chi connectivity index (χ4v) is 2.23. The molecule has 0 aromatic rings. The molecule has 0 aromatic carbocycles. The van der Waals surface area contributed by atoms with Crippen molar-refractivity contribution in [3.05, 3.63) is 0 Å². The highest BCUT2D eigenvalue weighted by Crippen LogP contribution is 2.51. The zero-order valence-electron chi connectivity index (χ0n) is 10.3. The fourth-order valence-electron chi connectivity index (χ4n) is 1.35. The van der Waals surface area contributed by atoms with Gasteiger partial charge in [-0.1, -0.05) is 4.72 Å². The standard InChI is InChI=1S/C10H16F5NOS/c1-8(2,3)18(17)16-10(15,6-4-5-6)9(13,14)7(11)12/h6-7,16H,4-5H2,1-3H3. The van der Waals surface area contributed by atoms with Crippen LogP contribution in [-0.4, -0.2) is 27.4 Å². The summed E-state index contributed by atoms with van der Waals surface area (Å²) in [7, 11) is 0. The Morgan fingerprint density at radius 3 is 1.89 bits per heavy atom. The molecule has 108 valence electrons. The lowest BCUT2D eigenvalue weighted by atomic mass is 10.0. The van der Waals surface area contributed by atoms with E-state index < -0.39 is 40.2 Å². The van der Waals surface area contributed by atoms with E-state index >= 15 is 0 Å². The van der Waals surface area contributed by atoms with Crippen LogP contribution < -0.4 is 4.72 Å². The van der Waals surface area contributed by atoms with Crippen molar-refractivity contribution in [1.82, 2.24) is 4.72 Å². The summed E-state index contributed by atoms with van der Waals surface area (Å²) in [5.74, 6) is -9.72. The topological polar surface area (TPSA) is 35.1 Å². The van der Waals surface area contributed by atoms with E-state index in [9.17, 15) is 26.5 Å². The molecule has 0 aliphatic heterocycles. The van der Waals surface area contributed by atoms with Gasteiger partial charge in [0.05, 0.1) is 0 Å². The number of hydrogen-bond acceptors (Lipinski definition) is 2. The van der Waals surface area contributed by atoms with Crippen molar-refractivity contribution in [3.8, 4) is 0 Å². The molecule has 2 unspecified atom stereocenters. The minimum Gasteiger partial charge on any atom is -0.598 e. The van der Waals surface area contributed by atoms with Gasteiger partial charge in [-0.05, 0) is 33.6 Å². The van der Waals surface area contributed by atoms with E-state index in [1.54, 1.807) is 4.72 Å². The van der Waals surface area contributed by atoms with Gasteiger partial charge in [0.1, 0.15) is 4.75 Å². The number of nitrogens with one attached hydrogen (secondary N) is 1. The molecule has 1 fully saturated rings. The van der Waals surface area contributed by atoms with Gasteiger partial charge in [0.15, 0.2) is 0 Å². The van der Waals surface area contributed by atoms with Crippen LogP contribution >= 0.6 is 0 Å². The molecule has 1 N–H and O–H groups in total. The summed E-state index contributed by atoms with van der Waals surface area (Å²) >= 11 is -2.19. The van der Waals surface area contributed by atoms with Crippen LogP contribution in [0.25, 0.3) is 0 Å². The molecule has 0 heterocycles. The first-order valence-corrected chi connectivity index (χ1v) is 6.62. The molecule has 18 heavy (non-hydrogen) atoms. The summed E-state index contributed by atoms with van der Waals surface area (Å²) in [6.07, 6.45) is -3.99. The van der Waals surface area contributed by atoms with Crippen LogP contribution in [0.3, 0.4) is 0 Å². The van der Waals surface area contributed by atoms with E-state index in [4.69, 9.17) is 0 Å². The first kappa shape index (κ1) is 16.0.